The highest BCUT2D eigenvalue weighted by atomic mass is 127. The number of ether oxygens (including phenoxy) is 4. The van der Waals surface area contributed by atoms with Gasteiger partial charge in [-0.15, -0.1) is 0 Å². The number of nitrogens with one attached hydrogen (secondary N) is 1. The maximum atomic E-state index is 13.9. The third-order valence-electron chi connectivity index (χ3n) is 7.86. The number of aliphatic hydroxyl groups excluding tert-OH is 2. The van der Waals surface area contributed by atoms with Crippen LogP contribution in [0.4, 0.5) is 0 Å². The second-order valence-electron chi connectivity index (χ2n) is 11.0. The molecule has 0 fully saturated rings. The Bertz CT molecular complexity index is 1380. The third-order valence-corrected chi connectivity index (χ3v) is 8.66. The Labute approximate surface area is 277 Å². The Morgan fingerprint density at radius 1 is 1.13 bits per heavy atom. The number of hydrogen-bond acceptors (Lipinski definition) is 9. The number of methoxy groups -OCH3 is 1. The lowest BCUT2D eigenvalue weighted by Crippen LogP contribution is -2.54. The largest absolute Gasteiger partial charge is 0.493 e. The number of fused-ring (bicyclic) bond motifs is 1. The zero-order valence-corrected chi connectivity index (χ0v) is 27.8. The van der Waals surface area contributed by atoms with Gasteiger partial charge in [0.2, 0.25) is 18.6 Å². The molecule has 1 heterocycles. The van der Waals surface area contributed by atoms with Crippen LogP contribution in [-0.4, -0.2) is 78.5 Å². The van der Waals surface area contributed by atoms with Crippen molar-refractivity contribution in [1.82, 2.24) is 10.2 Å². The van der Waals surface area contributed by atoms with E-state index in [1.807, 2.05) is 34.7 Å². The summed E-state index contributed by atoms with van der Waals surface area (Å²) in [6.07, 6.45) is 5.20. The maximum Gasteiger partial charge on any atom is 0.247 e. The molecule has 12 heteroatoms. The van der Waals surface area contributed by atoms with Crippen LogP contribution in [0.25, 0.3) is 0 Å². The van der Waals surface area contributed by atoms with Crippen molar-refractivity contribution in [3.05, 3.63) is 56.7 Å². The molecule has 0 bridgehead atoms. The van der Waals surface area contributed by atoms with Gasteiger partial charge in [0.15, 0.2) is 23.0 Å². The summed E-state index contributed by atoms with van der Waals surface area (Å²) in [4.78, 5) is 40.2. The smallest absolute Gasteiger partial charge is 0.247 e. The molecule has 0 radical (unpaired) electrons. The van der Waals surface area contributed by atoms with Crippen LogP contribution < -0.4 is 24.3 Å². The fourth-order valence-electron chi connectivity index (χ4n) is 5.49. The zero-order chi connectivity index (χ0) is 32.3. The number of halogens is 1. The first-order valence-corrected chi connectivity index (χ1v) is 16.3. The van der Waals surface area contributed by atoms with Gasteiger partial charge in [0.05, 0.1) is 23.3 Å². The zero-order valence-electron chi connectivity index (χ0n) is 25.6. The fourth-order valence-corrected chi connectivity index (χ4v) is 6.24. The molecule has 2 aromatic carbocycles. The number of aldehydes is 1. The molecule has 1 aliphatic carbocycles. The normalized spacial score (nSPS) is 18.6. The molecular weight excluding hydrogens is 695 g/mol. The van der Waals surface area contributed by atoms with Crippen LogP contribution in [0.5, 0.6) is 23.0 Å². The third kappa shape index (κ3) is 8.88. The number of nitrogens with zero attached hydrogens (tertiary/aromatic N) is 1. The van der Waals surface area contributed by atoms with Crippen LogP contribution in [-0.2, 0) is 16.1 Å². The Balaban J connectivity index is 1.68. The Morgan fingerprint density at radius 3 is 2.64 bits per heavy atom. The van der Waals surface area contributed by atoms with Crippen LogP contribution in [0.15, 0.2) is 42.0 Å². The van der Waals surface area contributed by atoms with Crippen molar-refractivity contribution in [2.75, 3.05) is 27.1 Å². The molecule has 244 valence electrons. The molecule has 4 rings (SSSR count). The van der Waals surface area contributed by atoms with Gasteiger partial charge in [-0.3, -0.25) is 14.4 Å². The molecular formula is C33H41IN2O9. The highest BCUT2D eigenvalue weighted by Gasteiger charge is 2.41. The van der Waals surface area contributed by atoms with Crippen molar-refractivity contribution in [3.8, 4) is 23.0 Å². The molecule has 2 amide bonds. The molecule has 11 nitrogen and oxygen atoms in total. The lowest BCUT2D eigenvalue weighted by Gasteiger charge is -2.41. The van der Waals surface area contributed by atoms with E-state index in [0.29, 0.717) is 50.4 Å². The van der Waals surface area contributed by atoms with E-state index in [4.69, 9.17) is 18.9 Å². The van der Waals surface area contributed by atoms with Gasteiger partial charge < -0.3 is 39.4 Å². The van der Waals surface area contributed by atoms with Crippen molar-refractivity contribution in [2.24, 2.45) is 0 Å². The number of unbranched alkanes of at least 4 members (excludes halogenated alkanes) is 4. The first-order chi connectivity index (χ1) is 21.8. The first-order valence-electron chi connectivity index (χ1n) is 15.2. The summed E-state index contributed by atoms with van der Waals surface area (Å²) in [5.41, 5.74) is 1.49. The van der Waals surface area contributed by atoms with Crippen molar-refractivity contribution >= 4 is 40.7 Å². The molecule has 2 aromatic rings. The van der Waals surface area contributed by atoms with Crippen molar-refractivity contribution in [3.63, 3.8) is 0 Å². The summed E-state index contributed by atoms with van der Waals surface area (Å²) >= 11 is 2.02. The Hall–Kier alpha value is -3.36. The number of benzene rings is 2. The summed E-state index contributed by atoms with van der Waals surface area (Å²) < 4.78 is 23.4. The molecule has 3 N–H and O–H groups in total. The van der Waals surface area contributed by atoms with Crippen LogP contribution >= 0.6 is 22.6 Å². The molecule has 2 aliphatic rings. The average molecular weight is 737 g/mol. The van der Waals surface area contributed by atoms with Crippen LogP contribution in [0.1, 0.15) is 67.8 Å². The van der Waals surface area contributed by atoms with Crippen molar-refractivity contribution < 1.29 is 43.5 Å². The topological polar surface area (TPSA) is 144 Å². The molecule has 45 heavy (non-hydrogen) atoms. The van der Waals surface area contributed by atoms with Crippen LogP contribution in [0, 0.1) is 3.57 Å². The highest BCUT2D eigenvalue weighted by Crippen LogP contribution is 2.38. The molecule has 0 spiro atoms. The Morgan fingerprint density at radius 2 is 1.91 bits per heavy atom. The quantitative estimate of drug-likeness (QED) is 0.132. The van der Waals surface area contributed by atoms with Crippen LogP contribution in [0.2, 0.25) is 0 Å². The van der Waals surface area contributed by atoms with Gasteiger partial charge in [-0.25, -0.2) is 0 Å². The lowest BCUT2D eigenvalue weighted by molar-refractivity contribution is -0.139. The molecule has 3 atom stereocenters. The standard InChI is InChI=1S/C33H41IN2O9/c1-3-4-5-6-7-8-30(39)36(18-21-9-10-26-27(14-21)44-20-43-26)25-16-23(33(41)35-11-12-37)17-28(31(25)40)45-32-24(34)13-22(19-38)15-29(32)42-2/h9-10,13-15,17,19,25,28,31,37,40H,3-8,11-12,16,18,20H2,1-2H3,(H,35,41). The molecule has 1 aliphatic heterocycles. The maximum absolute atomic E-state index is 13.9. The van der Waals surface area contributed by atoms with Crippen LogP contribution in [0.3, 0.4) is 0 Å². The molecule has 0 saturated heterocycles. The number of amides is 2. The van der Waals surface area contributed by atoms with E-state index in [1.165, 1.54) is 13.2 Å². The summed E-state index contributed by atoms with van der Waals surface area (Å²) in [6.45, 7) is 2.23. The second kappa shape index (κ2) is 16.8. The molecule has 0 aromatic heterocycles. The van der Waals surface area contributed by atoms with Crippen molar-refractivity contribution in [1.29, 1.82) is 0 Å². The van der Waals surface area contributed by atoms with Gasteiger partial charge in [0.25, 0.3) is 0 Å². The number of aliphatic hydroxyl groups is 2. The van der Waals surface area contributed by atoms with Gasteiger partial charge in [0, 0.05) is 37.1 Å². The number of carbonyl (C=O) groups excluding carboxylic acids is 3. The SMILES string of the molecule is CCCCCCCC(=O)N(Cc1ccc2c(c1)OCO2)C1CC(C(=O)NCCO)=CC(Oc2c(I)cc(C=O)cc2OC)C1O. The summed E-state index contributed by atoms with van der Waals surface area (Å²) in [6, 6.07) is 7.80. The van der Waals surface area contributed by atoms with E-state index in [-0.39, 0.29) is 45.2 Å². The summed E-state index contributed by atoms with van der Waals surface area (Å²) in [5, 5.41) is 23.8. The minimum atomic E-state index is -1.22. The fraction of sp³-hybridized carbons (Fsp3) is 0.485. The van der Waals surface area contributed by atoms with E-state index >= 15 is 0 Å². The van der Waals surface area contributed by atoms with E-state index in [0.717, 1.165) is 31.2 Å². The number of hydrogen-bond donors (Lipinski definition) is 3. The van der Waals surface area contributed by atoms with Gasteiger partial charge in [0.1, 0.15) is 18.5 Å². The van der Waals surface area contributed by atoms with Gasteiger partial charge >= 0.3 is 0 Å². The summed E-state index contributed by atoms with van der Waals surface area (Å²) in [7, 11) is 1.45. The molecule has 3 unspecified atom stereocenters. The lowest BCUT2D eigenvalue weighted by atomic mass is 9.87. The van der Waals surface area contributed by atoms with E-state index in [9.17, 15) is 24.6 Å². The molecule has 0 saturated carbocycles. The predicted octanol–water partition coefficient (Wildman–Crippen LogP) is 4.15. The van der Waals surface area contributed by atoms with Gasteiger partial charge in [-0.05, 0) is 64.9 Å². The average Bonchev–Trinajstić information content (AvgIpc) is 3.52. The minimum absolute atomic E-state index is 0.0470. The van der Waals surface area contributed by atoms with E-state index in [1.54, 1.807) is 23.1 Å². The highest BCUT2D eigenvalue weighted by molar-refractivity contribution is 14.1. The predicted molar refractivity (Wildman–Crippen MR) is 175 cm³/mol. The Kier molecular flexibility index (Phi) is 12.9. The monoisotopic (exact) mass is 736 g/mol. The second-order valence-corrected chi connectivity index (χ2v) is 12.2. The van der Waals surface area contributed by atoms with Gasteiger partial charge in [-0.1, -0.05) is 38.7 Å². The first kappa shape index (κ1) is 34.5. The van der Waals surface area contributed by atoms with Crippen molar-refractivity contribution in [2.45, 2.75) is 76.7 Å². The van der Waals surface area contributed by atoms with E-state index < -0.39 is 24.2 Å². The number of carbonyl (C=O) groups is 3. The van der Waals surface area contributed by atoms with Gasteiger partial charge in [-0.2, -0.15) is 0 Å². The number of rotatable bonds is 16. The summed E-state index contributed by atoms with van der Waals surface area (Å²) in [5.74, 6) is 1.21. The minimum Gasteiger partial charge on any atom is -0.493 e. The van der Waals surface area contributed by atoms with E-state index in [2.05, 4.69) is 12.2 Å².